The van der Waals surface area contributed by atoms with Crippen LogP contribution in [0.15, 0.2) is 0 Å². The molecule has 1 N–H and O–H groups in total. The van der Waals surface area contributed by atoms with Crippen molar-refractivity contribution in [1.29, 1.82) is 0 Å². The molecule has 122 valence electrons. The first-order valence-electron chi connectivity index (χ1n) is 7.09. The van der Waals surface area contributed by atoms with Crippen molar-refractivity contribution >= 4 is 22.2 Å². The number of aldehydes is 1. The summed E-state index contributed by atoms with van der Waals surface area (Å²) in [5, 5.41) is 2.23. The van der Waals surface area contributed by atoms with Gasteiger partial charge >= 0.3 is 6.09 Å². The van der Waals surface area contributed by atoms with Crippen LogP contribution in [0.2, 0.25) is 0 Å². The summed E-state index contributed by atoms with van der Waals surface area (Å²) in [5.41, 5.74) is -1.27. The average Bonchev–Trinajstić information content (AvgIpc) is 2.34. The van der Waals surface area contributed by atoms with Gasteiger partial charge in [-0.1, -0.05) is 0 Å². The van der Waals surface area contributed by atoms with E-state index in [0.717, 1.165) is 6.29 Å². The minimum atomic E-state index is -3.07. The summed E-state index contributed by atoms with van der Waals surface area (Å²) in [7, 11) is -3.07. The molecule has 1 saturated carbocycles. The fourth-order valence-corrected chi connectivity index (χ4v) is 3.59. The number of rotatable bonds is 4. The lowest BCUT2D eigenvalue weighted by atomic mass is 9.75. The van der Waals surface area contributed by atoms with Gasteiger partial charge in [-0.3, -0.25) is 0 Å². The molecule has 6 nitrogen and oxygen atoms in total. The molecular formula is C14H25NO5S. The van der Waals surface area contributed by atoms with E-state index in [1.165, 1.54) is 6.26 Å². The Morgan fingerprint density at radius 1 is 1.33 bits per heavy atom. The standard InChI is InChI=1S/C14H25NO5S/c1-13(2,3)20-12(17)15-9-14(10-16)7-5-11(6-8-14)21(4,18)19/h10-11H,5-9H2,1-4H3,(H,15,17)/t11-,14+. The van der Waals surface area contributed by atoms with Crippen LogP contribution in [0.25, 0.3) is 0 Å². The highest BCUT2D eigenvalue weighted by Crippen LogP contribution is 2.36. The molecule has 0 heterocycles. The van der Waals surface area contributed by atoms with Gasteiger partial charge in [-0.05, 0) is 46.5 Å². The largest absolute Gasteiger partial charge is 0.444 e. The zero-order chi connectivity index (χ0) is 16.3. The van der Waals surface area contributed by atoms with E-state index >= 15 is 0 Å². The molecule has 1 aliphatic carbocycles. The normalized spacial score (nSPS) is 27.0. The Labute approximate surface area is 126 Å². The molecule has 7 heteroatoms. The molecule has 0 aromatic carbocycles. The Morgan fingerprint density at radius 3 is 2.24 bits per heavy atom. The molecule has 0 atom stereocenters. The zero-order valence-electron chi connectivity index (χ0n) is 13.1. The van der Waals surface area contributed by atoms with Gasteiger partial charge in [0, 0.05) is 18.2 Å². The molecule has 0 spiro atoms. The van der Waals surface area contributed by atoms with Crippen LogP contribution in [-0.2, 0) is 19.4 Å². The van der Waals surface area contributed by atoms with E-state index < -0.39 is 26.9 Å². The number of hydrogen-bond donors (Lipinski definition) is 1. The Morgan fingerprint density at radius 2 is 1.86 bits per heavy atom. The maximum Gasteiger partial charge on any atom is 0.407 e. The number of amides is 1. The monoisotopic (exact) mass is 319 g/mol. The van der Waals surface area contributed by atoms with Gasteiger partial charge in [-0.25, -0.2) is 13.2 Å². The van der Waals surface area contributed by atoms with Crippen molar-refractivity contribution in [3.05, 3.63) is 0 Å². The lowest BCUT2D eigenvalue weighted by molar-refractivity contribution is -0.117. The van der Waals surface area contributed by atoms with Gasteiger partial charge in [0.15, 0.2) is 0 Å². The van der Waals surface area contributed by atoms with E-state index in [2.05, 4.69) is 5.32 Å². The maximum absolute atomic E-state index is 11.6. The smallest absolute Gasteiger partial charge is 0.407 e. The molecule has 0 radical (unpaired) electrons. The molecule has 1 rings (SSSR count). The predicted octanol–water partition coefficient (Wildman–Crippen LogP) is 1.68. The summed E-state index contributed by atoms with van der Waals surface area (Å²) in [4.78, 5) is 23.0. The molecule has 0 bridgehead atoms. The zero-order valence-corrected chi connectivity index (χ0v) is 14.0. The number of ether oxygens (including phenoxy) is 1. The van der Waals surface area contributed by atoms with Gasteiger partial charge in [-0.15, -0.1) is 0 Å². The van der Waals surface area contributed by atoms with E-state index in [9.17, 15) is 18.0 Å². The topological polar surface area (TPSA) is 89.5 Å². The highest BCUT2D eigenvalue weighted by atomic mass is 32.2. The van der Waals surface area contributed by atoms with Gasteiger partial charge in [0.25, 0.3) is 0 Å². The molecule has 0 saturated heterocycles. The molecule has 0 aliphatic heterocycles. The van der Waals surface area contributed by atoms with Gasteiger partial charge in [0.05, 0.1) is 5.25 Å². The van der Waals surface area contributed by atoms with Gasteiger partial charge in [0.2, 0.25) is 0 Å². The van der Waals surface area contributed by atoms with Crippen LogP contribution in [0.5, 0.6) is 0 Å². The number of carbonyl (C=O) groups is 2. The summed E-state index contributed by atoms with van der Waals surface area (Å²) in [6.07, 6.45) is 3.33. The minimum absolute atomic E-state index is 0.182. The summed E-state index contributed by atoms with van der Waals surface area (Å²) < 4.78 is 28.2. The van der Waals surface area contributed by atoms with Crippen molar-refractivity contribution in [1.82, 2.24) is 5.32 Å². The Hall–Kier alpha value is -1.11. The second kappa shape index (κ2) is 6.34. The molecule has 21 heavy (non-hydrogen) atoms. The summed E-state index contributed by atoms with van der Waals surface area (Å²) in [6.45, 7) is 5.47. The maximum atomic E-state index is 11.6. The molecule has 0 aromatic rings. The van der Waals surface area contributed by atoms with E-state index in [1.54, 1.807) is 20.8 Å². The molecule has 0 aromatic heterocycles. The third-order valence-electron chi connectivity index (χ3n) is 3.77. The lowest BCUT2D eigenvalue weighted by Crippen LogP contribution is -2.44. The van der Waals surface area contributed by atoms with Crippen LogP contribution in [-0.4, -0.2) is 44.4 Å². The SMILES string of the molecule is CC(C)(C)OC(=O)NC[C@]1(C=O)CC[C@@H](S(C)(=O)=O)CC1. The number of carbonyl (C=O) groups excluding carboxylic acids is 2. The number of hydrogen-bond acceptors (Lipinski definition) is 5. The van der Waals surface area contributed by atoms with Gasteiger partial charge in [-0.2, -0.15) is 0 Å². The lowest BCUT2D eigenvalue weighted by Gasteiger charge is -2.35. The van der Waals surface area contributed by atoms with Crippen molar-refractivity contribution in [2.45, 2.75) is 57.3 Å². The van der Waals surface area contributed by atoms with Gasteiger partial charge in [0.1, 0.15) is 21.7 Å². The highest BCUT2D eigenvalue weighted by Gasteiger charge is 2.38. The Bertz CT molecular complexity index is 484. The van der Waals surface area contributed by atoms with E-state index in [4.69, 9.17) is 4.74 Å². The molecule has 1 amide bonds. The Kier molecular flexibility index (Phi) is 5.41. The molecule has 0 unspecified atom stereocenters. The fraction of sp³-hybridized carbons (Fsp3) is 0.857. The van der Waals surface area contributed by atoms with Crippen LogP contribution < -0.4 is 5.32 Å². The van der Waals surface area contributed by atoms with Crippen LogP contribution in [0.3, 0.4) is 0 Å². The average molecular weight is 319 g/mol. The van der Waals surface area contributed by atoms with Crippen molar-refractivity contribution < 1.29 is 22.7 Å². The fourth-order valence-electron chi connectivity index (χ4n) is 2.49. The second-order valence-corrected chi connectivity index (χ2v) is 9.19. The first-order valence-corrected chi connectivity index (χ1v) is 9.05. The first-order chi connectivity index (χ1) is 9.47. The Balaban J connectivity index is 2.57. The van der Waals surface area contributed by atoms with E-state index in [1.807, 2.05) is 0 Å². The van der Waals surface area contributed by atoms with Crippen molar-refractivity contribution in [2.24, 2.45) is 5.41 Å². The van der Waals surface area contributed by atoms with Crippen molar-refractivity contribution in [3.8, 4) is 0 Å². The van der Waals surface area contributed by atoms with Crippen LogP contribution >= 0.6 is 0 Å². The molecular weight excluding hydrogens is 294 g/mol. The molecule has 1 aliphatic rings. The highest BCUT2D eigenvalue weighted by molar-refractivity contribution is 7.91. The summed E-state index contributed by atoms with van der Waals surface area (Å²) in [5.74, 6) is 0. The first kappa shape index (κ1) is 17.9. The summed E-state index contributed by atoms with van der Waals surface area (Å²) in [6, 6.07) is 0. The van der Waals surface area contributed by atoms with Crippen LogP contribution in [0.1, 0.15) is 46.5 Å². The van der Waals surface area contributed by atoms with Crippen molar-refractivity contribution in [2.75, 3.05) is 12.8 Å². The third kappa shape index (κ3) is 5.65. The predicted molar refractivity (Wildman–Crippen MR) is 79.8 cm³/mol. The van der Waals surface area contributed by atoms with Crippen LogP contribution in [0.4, 0.5) is 4.79 Å². The summed E-state index contributed by atoms with van der Waals surface area (Å²) >= 11 is 0. The minimum Gasteiger partial charge on any atom is -0.444 e. The van der Waals surface area contributed by atoms with E-state index in [-0.39, 0.29) is 11.8 Å². The quantitative estimate of drug-likeness (QED) is 0.796. The number of sulfone groups is 1. The number of nitrogens with one attached hydrogen (secondary N) is 1. The van der Waals surface area contributed by atoms with Crippen molar-refractivity contribution in [3.63, 3.8) is 0 Å². The van der Waals surface area contributed by atoms with Gasteiger partial charge < -0.3 is 14.8 Å². The third-order valence-corrected chi connectivity index (χ3v) is 5.45. The van der Waals surface area contributed by atoms with Crippen LogP contribution in [0, 0.1) is 5.41 Å². The second-order valence-electron chi connectivity index (χ2n) is 6.86. The molecule has 1 fully saturated rings. The number of alkyl carbamates (subject to hydrolysis) is 1. The van der Waals surface area contributed by atoms with E-state index in [0.29, 0.717) is 25.7 Å².